The lowest BCUT2D eigenvalue weighted by molar-refractivity contribution is -0.137. The van der Waals surface area contributed by atoms with Gasteiger partial charge in [-0.1, -0.05) is 24.3 Å². The number of hydrogen-bond donors (Lipinski definition) is 2. The van der Waals surface area contributed by atoms with E-state index in [4.69, 9.17) is 9.15 Å². The van der Waals surface area contributed by atoms with Gasteiger partial charge in [0, 0.05) is 18.2 Å². The van der Waals surface area contributed by atoms with Gasteiger partial charge in [-0.05, 0) is 30.3 Å². The number of benzene rings is 2. The van der Waals surface area contributed by atoms with Gasteiger partial charge in [-0.3, -0.25) is 9.59 Å². The minimum Gasteiger partial charge on any atom is -0.458 e. The van der Waals surface area contributed by atoms with Gasteiger partial charge in [0.2, 0.25) is 0 Å². The van der Waals surface area contributed by atoms with Crippen LogP contribution >= 0.6 is 0 Å². The molecule has 0 spiro atoms. The van der Waals surface area contributed by atoms with Crippen molar-refractivity contribution in [2.45, 2.75) is 12.3 Å². The Morgan fingerprint density at radius 1 is 1.07 bits per heavy atom. The van der Waals surface area contributed by atoms with Crippen LogP contribution in [0.4, 0.5) is 18.9 Å². The number of anilines is 1. The Hall–Kier alpha value is -3.33. The van der Waals surface area contributed by atoms with Crippen molar-refractivity contribution in [2.24, 2.45) is 0 Å². The molecule has 0 aliphatic carbocycles. The molecule has 0 aliphatic rings. The van der Waals surface area contributed by atoms with Crippen molar-refractivity contribution < 1.29 is 31.9 Å². The smallest absolute Gasteiger partial charge is 0.416 e. The van der Waals surface area contributed by atoms with Crippen molar-refractivity contribution in [3.8, 4) is 0 Å². The maximum atomic E-state index is 12.7. The van der Waals surface area contributed by atoms with Crippen LogP contribution in [-0.4, -0.2) is 25.5 Å². The molecule has 2 amide bonds. The summed E-state index contributed by atoms with van der Waals surface area (Å²) in [5, 5.41) is 5.38. The zero-order valence-electron chi connectivity index (χ0n) is 15.2. The largest absolute Gasteiger partial charge is 0.458 e. The van der Waals surface area contributed by atoms with Gasteiger partial charge < -0.3 is 19.8 Å². The topological polar surface area (TPSA) is 80.6 Å². The Morgan fingerprint density at radius 2 is 1.83 bits per heavy atom. The number of alkyl halides is 3. The predicted molar refractivity (Wildman–Crippen MR) is 99.0 cm³/mol. The Labute approximate surface area is 163 Å². The maximum absolute atomic E-state index is 12.7. The molecule has 1 heterocycles. The summed E-state index contributed by atoms with van der Waals surface area (Å²) in [6.45, 7) is -0.0643. The molecule has 0 saturated carbocycles. The molecule has 0 aliphatic heterocycles. The number of carbonyl (C=O) groups is 2. The number of fused-ring (bicyclic) bond motifs is 1. The molecular weight excluding hydrogens is 389 g/mol. The first kappa shape index (κ1) is 20.4. The molecule has 0 bridgehead atoms. The zero-order chi connectivity index (χ0) is 21.0. The van der Waals surface area contributed by atoms with Crippen LogP contribution in [0.2, 0.25) is 0 Å². The summed E-state index contributed by atoms with van der Waals surface area (Å²) in [7, 11) is 1.42. The molecule has 152 valence electrons. The third kappa shape index (κ3) is 4.94. The second kappa shape index (κ2) is 8.36. The summed E-state index contributed by atoms with van der Waals surface area (Å²) in [5.41, 5.74) is -0.418. The summed E-state index contributed by atoms with van der Waals surface area (Å²) in [4.78, 5) is 24.0. The molecule has 0 radical (unpaired) electrons. The fraction of sp³-hybridized carbons (Fsp3) is 0.200. The number of hydrogen-bond acceptors (Lipinski definition) is 4. The summed E-state index contributed by atoms with van der Waals surface area (Å²) < 4.78 is 49.2. The molecule has 1 aromatic heterocycles. The van der Waals surface area contributed by atoms with E-state index in [2.05, 4.69) is 10.6 Å². The van der Waals surface area contributed by atoms with Crippen molar-refractivity contribution in [3.63, 3.8) is 0 Å². The molecular formula is C20H17F3N2O4. The fourth-order valence-corrected chi connectivity index (χ4v) is 2.69. The molecule has 1 atom stereocenters. The normalized spacial score (nSPS) is 12.6. The molecule has 3 aromatic rings. The second-order valence-electron chi connectivity index (χ2n) is 6.15. The Balaban J connectivity index is 1.61. The van der Waals surface area contributed by atoms with Gasteiger partial charge in [0.1, 0.15) is 17.4 Å². The predicted octanol–water partition coefficient (Wildman–Crippen LogP) is 3.89. The number of ether oxygens (including phenoxy) is 1. The standard InChI is InChI=1S/C20H17F3N2O4/c1-28-17(16-9-12-5-2-3-8-15(12)29-16)11-24-18(26)19(27)25-14-7-4-6-13(10-14)20(21,22)23/h2-10,17H,11H2,1H3,(H,24,26)(H,25,27). The number of para-hydroxylation sites is 1. The number of halogens is 3. The van der Waals surface area contributed by atoms with Crippen LogP contribution in [0.3, 0.4) is 0 Å². The number of carbonyl (C=O) groups excluding carboxylic acids is 2. The average molecular weight is 406 g/mol. The molecule has 29 heavy (non-hydrogen) atoms. The molecule has 0 fully saturated rings. The first-order valence-electron chi connectivity index (χ1n) is 8.55. The van der Waals surface area contributed by atoms with Crippen molar-refractivity contribution in [3.05, 3.63) is 65.9 Å². The molecule has 6 nitrogen and oxygen atoms in total. The van der Waals surface area contributed by atoms with E-state index in [9.17, 15) is 22.8 Å². The molecule has 2 aromatic carbocycles. The fourth-order valence-electron chi connectivity index (χ4n) is 2.69. The van der Waals surface area contributed by atoms with Crippen LogP contribution in [0.1, 0.15) is 17.4 Å². The lowest BCUT2D eigenvalue weighted by atomic mass is 10.2. The highest BCUT2D eigenvalue weighted by Crippen LogP contribution is 2.30. The van der Waals surface area contributed by atoms with Gasteiger partial charge in [0.25, 0.3) is 0 Å². The van der Waals surface area contributed by atoms with Crippen LogP contribution < -0.4 is 10.6 Å². The summed E-state index contributed by atoms with van der Waals surface area (Å²) in [5.74, 6) is -1.64. The number of furan rings is 1. The minimum atomic E-state index is -4.55. The Kier molecular flexibility index (Phi) is 5.88. The van der Waals surface area contributed by atoms with Gasteiger partial charge in [-0.15, -0.1) is 0 Å². The highest BCUT2D eigenvalue weighted by molar-refractivity contribution is 6.39. The first-order valence-corrected chi connectivity index (χ1v) is 8.55. The van der Waals surface area contributed by atoms with Crippen molar-refractivity contribution in [1.82, 2.24) is 5.32 Å². The molecule has 2 N–H and O–H groups in total. The van der Waals surface area contributed by atoms with E-state index in [1.54, 1.807) is 12.1 Å². The van der Waals surface area contributed by atoms with Crippen molar-refractivity contribution >= 4 is 28.5 Å². The van der Waals surface area contributed by atoms with E-state index in [1.807, 2.05) is 18.2 Å². The molecule has 3 rings (SSSR count). The monoisotopic (exact) mass is 406 g/mol. The number of rotatable bonds is 5. The van der Waals surface area contributed by atoms with Gasteiger partial charge in [-0.25, -0.2) is 0 Å². The number of methoxy groups -OCH3 is 1. The van der Waals surface area contributed by atoms with Gasteiger partial charge in [0.05, 0.1) is 12.1 Å². The van der Waals surface area contributed by atoms with E-state index < -0.39 is 29.7 Å². The van der Waals surface area contributed by atoms with Gasteiger partial charge in [-0.2, -0.15) is 13.2 Å². The number of nitrogens with one attached hydrogen (secondary N) is 2. The highest BCUT2D eigenvalue weighted by atomic mass is 19.4. The highest BCUT2D eigenvalue weighted by Gasteiger charge is 2.30. The van der Waals surface area contributed by atoms with E-state index in [0.29, 0.717) is 11.3 Å². The first-order chi connectivity index (χ1) is 13.8. The quantitative estimate of drug-likeness (QED) is 0.630. The van der Waals surface area contributed by atoms with Crippen molar-refractivity contribution in [1.29, 1.82) is 0 Å². The maximum Gasteiger partial charge on any atom is 0.416 e. The van der Waals surface area contributed by atoms with E-state index >= 15 is 0 Å². The minimum absolute atomic E-state index is 0.0643. The number of amides is 2. The summed E-state index contributed by atoms with van der Waals surface area (Å²) in [6.07, 6.45) is -5.20. The van der Waals surface area contributed by atoms with E-state index in [1.165, 1.54) is 13.2 Å². The van der Waals surface area contributed by atoms with Crippen LogP contribution in [0.15, 0.2) is 59.0 Å². The third-order valence-corrected chi connectivity index (χ3v) is 4.15. The Bertz CT molecular complexity index is 997. The average Bonchev–Trinajstić information content (AvgIpc) is 3.11. The lowest BCUT2D eigenvalue weighted by Gasteiger charge is -2.14. The Morgan fingerprint density at radius 3 is 2.52 bits per heavy atom. The molecule has 0 saturated heterocycles. The van der Waals surface area contributed by atoms with Crippen LogP contribution in [0.25, 0.3) is 11.0 Å². The molecule has 9 heteroatoms. The van der Waals surface area contributed by atoms with Gasteiger partial charge in [0.15, 0.2) is 0 Å². The van der Waals surface area contributed by atoms with E-state index in [-0.39, 0.29) is 12.2 Å². The van der Waals surface area contributed by atoms with Crippen LogP contribution in [-0.2, 0) is 20.5 Å². The van der Waals surface area contributed by atoms with Crippen molar-refractivity contribution in [2.75, 3.05) is 19.0 Å². The molecule has 1 unspecified atom stereocenters. The van der Waals surface area contributed by atoms with Crippen LogP contribution in [0, 0.1) is 0 Å². The second-order valence-corrected chi connectivity index (χ2v) is 6.15. The SMILES string of the molecule is COC(CNC(=O)C(=O)Nc1cccc(C(F)(F)F)c1)c1cc2ccccc2o1. The lowest BCUT2D eigenvalue weighted by Crippen LogP contribution is -2.37. The summed E-state index contributed by atoms with van der Waals surface area (Å²) in [6, 6.07) is 13.1. The third-order valence-electron chi connectivity index (χ3n) is 4.15. The zero-order valence-corrected chi connectivity index (χ0v) is 15.2. The van der Waals surface area contributed by atoms with E-state index in [0.717, 1.165) is 23.6 Å². The van der Waals surface area contributed by atoms with Crippen LogP contribution in [0.5, 0.6) is 0 Å². The summed E-state index contributed by atoms with van der Waals surface area (Å²) >= 11 is 0. The van der Waals surface area contributed by atoms with Gasteiger partial charge >= 0.3 is 18.0 Å².